The van der Waals surface area contributed by atoms with Gasteiger partial charge in [-0.3, -0.25) is 4.79 Å². The number of nitrogens with one attached hydrogen (secondary N) is 1. The van der Waals surface area contributed by atoms with Gasteiger partial charge in [-0.1, -0.05) is 19.1 Å². The molecule has 1 N–H and O–H groups in total. The molecule has 0 aromatic heterocycles. The lowest BCUT2D eigenvalue weighted by molar-refractivity contribution is -0.121. The van der Waals surface area contributed by atoms with Crippen LogP contribution in [0.2, 0.25) is 0 Å². The first-order chi connectivity index (χ1) is 14.5. The van der Waals surface area contributed by atoms with Gasteiger partial charge in [-0.05, 0) is 74.8 Å². The van der Waals surface area contributed by atoms with Crippen molar-refractivity contribution in [3.8, 4) is 22.6 Å². The van der Waals surface area contributed by atoms with Gasteiger partial charge in [0, 0.05) is 17.2 Å². The van der Waals surface area contributed by atoms with E-state index in [2.05, 4.69) is 21.9 Å². The minimum atomic E-state index is -2.93. The highest BCUT2D eigenvalue weighted by molar-refractivity contribution is 5.93. The molecule has 5 nitrogen and oxygen atoms in total. The van der Waals surface area contributed by atoms with Crippen molar-refractivity contribution < 1.29 is 23.0 Å². The predicted octanol–water partition coefficient (Wildman–Crippen LogP) is 5.02. The molecule has 0 unspecified atom stereocenters. The van der Waals surface area contributed by atoms with Gasteiger partial charge in [0.1, 0.15) is 11.5 Å². The van der Waals surface area contributed by atoms with E-state index in [9.17, 15) is 13.6 Å². The van der Waals surface area contributed by atoms with Crippen LogP contribution in [-0.4, -0.2) is 44.2 Å². The van der Waals surface area contributed by atoms with Crippen LogP contribution in [0.25, 0.3) is 11.1 Å². The highest BCUT2D eigenvalue weighted by Crippen LogP contribution is 2.35. The fourth-order valence-corrected chi connectivity index (χ4v) is 3.78. The third-order valence-corrected chi connectivity index (χ3v) is 5.36. The number of ether oxygens (including phenoxy) is 2. The summed E-state index contributed by atoms with van der Waals surface area (Å²) in [4.78, 5) is 15.1. The molecule has 0 aliphatic carbocycles. The molecule has 30 heavy (non-hydrogen) atoms. The average Bonchev–Trinajstić information content (AvgIpc) is 2.75. The van der Waals surface area contributed by atoms with Crippen LogP contribution in [0.1, 0.15) is 26.2 Å². The number of nitrogens with zero attached hydrogens (tertiary/aromatic N) is 1. The third kappa shape index (κ3) is 5.69. The van der Waals surface area contributed by atoms with Crippen LogP contribution >= 0.6 is 0 Å². The monoisotopic (exact) mass is 418 g/mol. The molecule has 7 heteroatoms. The summed E-state index contributed by atoms with van der Waals surface area (Å²) >= 11 is 0. The molecule has 2 aromatic rings. The second kappa shape index (κ2) is 10.4. The summed E-state index contributed by atoms with van der Waals surface area (Å²) in [5, 5.41) is 2.95. The SMILES string of the molecule is CCCN1CCC(C(=O)Nc2ccc(OC(F)F)c(-c3ccc(OC)cc3)c2)CC1. The maximum atomic E-state index is 12.9. The second-order valence-corrected chi connectivity index (χ2v) is 7.42. The molecule has 1 heterocycles. The molecule has 0 atom stereocenters. The molecule has 1 aliphatic heterocycles. The van der Waals surface area contributed by atoms with E-state index < -0.39 is 6.61 Å². The molecule has 0 saturated carbocycles. The Morgan fingerprint density at radius 3 is 2.47 bits per heavy atom. The lowest BCUT2D eigenvalue weighted by Crippen LogP contribution is -2.38. The summed E-state index contributed by atoms with van der Waals surface area (Å²) in [6.07, 6.45) is 2.76. The Kier molecular flexibility index (Phi) is 7.63. The quantitative estimate of drug-likeness (QED) is 0.654. The van der Waals surface area contributed by atoms with Gasteiger partial charge in [0.25, 0.3) is 0 Å². The Bertz CT molecular complexity index is 835. The van der Waals surface area contributed by atoms with Gasteiger partial charge >= 0.3 is 6.61 Å². The van der Waals surface area contributed by atoms with Crippen molar-refractivity contribution in [2.75, 3.05) is 32.1 Å². The number of carbonyl (C=O) groups is 1. The average molecular weight is 418 g/mol. The molecule has 1 fully saturated rings. The van der Waals surface area contributed by atoms with Gasteiger partial charge in [-0.15, -0.1) is 0 Å². The summed E-state index contributed by atoms with van der Waals surface area (Å²) in [5.74, 6) is 0.642. The number of halogens is 2. The molecule has 1 saturated heterocycles. The van der Waals surface area contributed by atoms with Crippen molar-refractivity contribution in [1.29, 1.82) is 0 Å². The van der Waals surface area contributed by atoms with Crippen LogP contribution in [0.4, 0.5) is 14.5 Å². The number of alkyl halides is 2. The summed E-state index contributed by atoms with van der Waals surface area (Å²) in [7, 11) is 1.56. The van der Waals surface area contributed by atoms with Crippen LogP contribution in [0.5, 0.6) is 11.5 Å². The Hall–Kier alpha value is -2.67. The molecule has 0 radical (unpaired) electrons. The van der Waals surface area contributed by atoms with Crippen LogP contribution < -0.4 is 14.8 Å². The van der Waals surface area contributed by atoms with Crippen LogP contribution in [0.15, 0.2) is 42.5 Å². The number of rotatable bonds is 8. The van der Waals surface area contributed by atoms with Crippen LogP contribution in [0.3, 0.4) is 0 Å². The Morgan fingerprint density at radius 1 is 1.17 bits per heavy atom. The molecule has 0 bridgehead atoms. The van der Waals surface area contributed by atoms with Gasteiger partial charge < -0.3 is 19.7 Å². The normalized spacial score (nSPS) is 15.2. The largest absolute Gasteiger partial charge is 0.497 e. The summed E-state index contributed by atoms with van der Waals surface area (Å²) in [5.41, 5.74) is 1.73. The molecular formula is C23H28F2N2O3. The molecule has 162 valence electrons. The Balaban J connectivity index is 1.76. The number of anilines is 1. The first kappa shape index (κ1) is 22.0. The fourth-order valence-electron chi connectivity index (χ4n) is 3.78. The first-order valence-electron chi connectivity index (χ1n) is 10.3. The van der Waals surface area contributed by atoms with E-state index >= 15 is 0 Å². The second-order valence-electron chi connectivity index (χ2n) is 7.42. The lowest BCUT2D eigenvalue weighted by atomic mass is 9.95. The number of hydrogen-bond donors (Lipinski definition) is 1. The molecule has 2 aromatic carbocycles. The van der Waals surface area contributed by atoms with Crippen molar-refractivity contribution >= 4 is 11.6 Å². The number of amides is 1. The topological polar surface area (TPSA) is 50.8 Å². The number of methoxy groups -OCH3 is 1. The zero-order chi connectivity index (χ0) is 21.5. The lowest BCUT2D eigenvalue weighted by Gasteiger charge is -2.31. The fraction of sp³-hybridized carbons (Fsp3) is 0.435. The molecule has 0 spiro atoms. The number of hydrogen-bond acceptors (Lipinski definition) is 4. The van der Waals surface area contributed by atoms with Crippen molar-refractivity contribution in [1.82, 2.24) is 4.90 Å². The van der Waals surface area contributed by atoms with Gasteiger partial charge in [0.05, 0.1) is 7.11 Å². The molecule has 1 aliphatic rings. The number of carbonyl (C=O) groups excluding carboxylic acids is 1. The number of likely N-dealkylation sites (tertiary alicyclic amines) is 1. The number of benzene rings is 2. The van der Waals surface area contributed by atoms with Crippen molar-refractivity contribution in [3.05, 3.63) is 42.5 Å². The highest BCUT2D eigenvalue weighted by atomic mass is 19.3. The van der Waals surface area contributed by atoms with E-state index in [0.29, 0.717) is 22.6 Å². The Labute approximate surface area is 176 Å². The predicted molar refractivity (Wildman–Crippen MR) is 113 cm³/mol. The minimum absolute atomic E-state index is 0.0330. The first-order valence-corrected chi connectivity index (χ1v) is 10.3. The van der Waals surface area contributed by atoms with Crippen molar-refractivity contribution in [2.45, 2.75) is 32.8 Å². The number of piperidine rings is 1. The molecular weight excluding hydrogens is 390 g/mol. The zero-order valence-corrected chi connectivity index (χ0v) is 17.4. The smallest absolute Gasteiger partial charge is 0.387 e. The van der Waals surface area contributed by atoms with Gasteiger partial charge in [-0.2, -0.15) is 8.78 Å². The summed E-state index contributed by atoms with van der Waals surface area (Å²) < 4.78 is 35.6. The van der Waals surface area contributed by atoms with Gasteiger partial charge in [0.2, 0.25) is 5.91 Å². The standard InChI is InChI=1S/C23H28F2N2O3/c1-3-12-27-13-10-17(11-14-27)22(28)26-18-6-9-21(30-23(24)25)20(15-18)16-4-7-19(29-2)8-5-16/h4-9,15,17,23H,3,10-14H2,1-2H3,(H,26,28). The van der Waals surface area contributed by atoms with Crippen LogP contribution in [0, 0.1) is 5.92 Å². The summed E-state index contributed by atoms with van der Waals surface area (Å²) in [6.45, 7) is 2.12. The van der Waals surface area contributed by atoms with Gasteiger partial charge in [0.15, 0.2) is 0 Å². The van der Waals surface area contributed by atoms with Crippen LogP contribution in [-0.2, 0) is 4.79 Å². The van der Waals surface area contributed by atoms with E-state index in [1.165, 1.54) is 6.07 Å². The third-order valence-electron chi connectivity index (χ3n) is 5.36. The van der Waals surface area contributed by atoms with E-state index in [0.717, 1.165) is 38.9 Å². The summed E-state index contributed by atoms with van der Waals surface area (Å²) in [6, 6.07) is 11.8. The highest BCUT2D eigenvalue weighted by Gasteiger charge is 2.25. The Morgan fingerprint density at radius 2 is 1.87 bits per heavy atom. The zero-order valence-electron chi connectivity index (χ0n) is 17.4. The maximum absolute atomic E-state index is 12.9. The van der Waals surface area contributed by atoms with Crippen molar-refractivity contribution in [2.24, 2.45) is 5.92 Å². The molecule has 1 amide bonds. The van der Waals surface area contributed by atoms with E-state index in [1.54, 1.807) is 43.5 Å². The van der Waals surface area contributed by atoms with E-state index in [-0.39, 0.29) is 17.6 Å². The maximum Gasteiger partial charge on any atom is 0.387 e. The van der Waals surface area contributed by atoms with E-state index in [4.69, 9.17) is 4.74 Å². The molecule has 3 rings (SSSR count). The van der Waals surface area contributed by atoms with E-state index in [1.807, 2.05) is 0 Å². The van der Waals surface area contributed by atoms with Crippen molar-refractivity contribution in [3.63, 3.8) is 0 Å². The van der Waals surface area contributed by atoms with Gasteiger partial charge in [-0.25, -0.2) is 0 Å². The minimum Gasteiger partial charge on any atom is -0.497 e.